The van der Waals surface area contributed by atoms with E-state index in [9.17, 15) is 0 Å². The first-order chi connectivity index (χ1) is 9.31. The van der Waals surface area contributed by atoms with Crippen molar-refractivity contribution in [2.75, 3.05) is 7.11 Å². The van der Waals surface area contributed by atoms with Crippen molar-refractivity contribution in [1.29, 1.82) is 0 Å². The van der Waals surface area contributed by atoms with E-state index in [1.54, 1.807) is 19.5 Å². The Morgan fingerprint density at radius 1 is 1.42 bits per heavy atom. The molecule has 0 spiro atoms. The second-order valence-electron chi connectivity index (χ2n) is 3.88. The smallest absolute Gasteiger partial charge is 0.237 e. The van der Waals surface area contributed by atoms with Crippen molar-refractivity contribution in [3.05, 3.63) is 28.7 Å². The molecule has 0 aromatic carbocycles. The molecule has 102 valence electrons. The van der Waals surface area contributed by atoms with Gasteiger partial charge >= 0.3 is 0 Å². The van der Waals surface area contributed by atoms with E-state index in [-0.39, 0.29) is 6.04 Å². The lowest BCUT2D eigenvalue weighted by Gasteiger charge is -2.16. The molecule has 0 aliphatic rings. The summed E-state index contributed by atoms with van der Waals surface area (Å²) in [5.74, 6) is 6.11. The predicted molar refractivity (Wildman–Crippen MR) is 71.7 cm³/mol. The third-order valence-corrected chi connectivity index (χ3v) is 3.49. The van der Waals surface area contributed by atoms with Crippen molar-refractivity contribution < 1.29 is 4.74 Å². The summed E-state index contributed by atoms with van der Waals surface area (Å²) in [6.45, 7) is 2.09. The van der Waals surface area contributed by atoms with Gasteiger partial charge in [0.05, 0.1) is 17.7 Å². The molecule has 0 radical (unpaired) electrons. The standard InChI is InChI=1S/C11H16N6OS/c1-3-4-7-10(19-17-16-7)8(15-12)9-11(18-2)14-6-5-13-9/h5-6,8,15H,3-4,12H2,1-2H3. The minimum Gasteiger partial charge on any atom is -0.480 e. The molecule has 1 unspecified atom stereocenters. The molecular formula is C11H16N6OS. The van der Waals surface area contributed by atoms with Crippen molar-refractivity contribution in [3.8, 4) is 5.88 Å². The third-order valence-electron chi connectivity index (χ3n) is 2.66. The molecule has 0 aliphatic heterocycles. The Morgan fingerprint density at radius 2 is 2.21 bits per heavy atom. The van der Waals surface area contributed by atoms with Crippen molar-refractivity contribution in [2.45, 2.75) is 25.8 Å². The maximum atomic E-state index is 5.66. The number of hydrogen-bond donors (Lipinski definition) is 2. The van der Waals surface area contributed by atoms with Gasteiger partial charge < -0.3 is 4.74 Å². The highest BCUT2D eigenvalue weighted by molar-refractivity contribution is 7.05. The van der Waals surface area contributed by atoms with Gasteiger partial charge in [0, 0.05) is 12.4 Å². The largest absolute Gasteiger partial charge is 0.480 e. The first kappa shape index (κ1) is 13.8. The number of hydrazine groups is 1. The van der Waals surface area contributed by atoms with E-state index >= 15 is 0 Å². The van der Waals surface area contributed by atoms with Gasteiger partial charge in [0.25, 0.3) is 0 Å². The first-order valence-electron chi connectivity index (χ1n) is 5.93. The van der Waals surface area contributed by atoms with Crippen LogP contribution in [-0.2, 0) is 6.42 Å². The lowest BCUT2D eigenvalue weighted by Crippen LogP contribution is -2.30. The number of ether oxygens (including phenoxy) is 1. The van der Waals surface area contributed by atoms with E-state index < -0.39 is 0 Å². The zero-order chi connectivity index (χ0) is 13.7. The summed E-state index contributed by atoms with van der Waals surface area (Å²) in [5.41, 5.74) is 4.31. The lowest BCUT2D eigenvalue weighted by atomic mass is 10.1. The third kappa shape index (κ3) is 2.86. The van der Waals surface area contributed by atoms with E-state index in [2.05, 4.69) is 31.9 Å². The first-order valence-corrected chi connectivity index (χ1v) is 6.71. The molecule has 0 aliphatic carbocycles. The van der Waals surface area contributed by atoms with Crippen LogP contribution in [-0.4, -0.2) is 26.7 Å². The van der Waals surface area contributed by atoms with Crippen LogP contribution < -0.4 is 16.0 Å². The molecule has 2 aromatic rings. The highest BCUT2D eigenvalue weighted by atomic mass is 32.1. The van der Waals surface area contributed by atoms with Crippen LogP contribution in [0.3, 0.4) is 0 Å². The molecule has 0 bridgehead atoms. The topological polar surface area (TPSA) is 98.8 Å². The Labute approximate surface area is 115 Å². The molecular weight excluding hydrogens is 264 g/mol. The summed E-state index contributed by atoms with van der Waals surface area (Å²) in [7, 11) is 1.55. The molecule has 8 heteroatoms. The van der Waals surface area contributed by atoms with Crippen LogP contribution >= 0.6 is 11.5 Å². The normalized spacial score (nSPS) is 12.4. The summed E-state index contributed by atoms with van der Waals surface area (Å²) in [4.78, 5) is 9.38. The average Bonchev–Trinajstić information content (AvgIpc) is 2.89. The van der Waals surface area contributed by atoms with Gasteiger partial charge in [-0.3, -0.25) is 10.8 Å². The van der Waals surface area contributed by atoms with Gasteiger partial charge in [-0.1, -0.05) is 17.8 Å². The zero-order valence-corrected chi connectivity index (χ0v) is 11.6. The van der Waals surface area contributed by atoms with Crippen LogP contribution in [0, 0.1) is 0 Å². The fraction of sp³-hybridized carbons (Fsp3) is 0.455. The number of rotatable bonds is 6. The molecule has 0 fully saturated rings. The maximum absolute atomic E-state index is 5.66. The number of aromatic nitrogens is 4. The van der Waals surface area contributed by atoms with E-state index in [4.69, 9.17) is 10.6 Å². The van der Waals surface area contributed by atoms with E-state index in [0.29, 0.717) is 11.6 Å². The number of aryl methyl sites for hydroxylation is 1. The van der Waals surface area contributed by atoms with Crippen molar-refractivity contribution in [2.24, 2.45) is 5.84 Å². The fourth-order valence-corrected chi connectivity index (χ4v) is 2.58. The second-order valence-corrected chi connectivity index (χ2v) is 4.67. The number of nitrogens with one attached hydrogen (secondary N) is 1. The Morgan fingerprint density at radius 3 is 2.89 bits per heavy atom. The molecule has 2 aromatic heterocycles. The SMILES string of the molecule is CCCc1nnsc1C(NN)c1nccnc1OC. The van der Waals surface area contributed by atoms with Gasteiger partial charge in [-0.25, -0.2) is 10.4 Å². The van der Waals surface area contributed by atoms with Gasteiger partial charge in [0.15, 0.2) is 0 Å². The minimum atomic E-state index is -0.315. The van der Waals surface area contributed by atoms with Crippen LogP contribution in [0.5, 0.6) is 5.88 Å². The molecule has 1 atom stereocenters. The van der Waals surface area contributed by atoms with Gasteiger partial charge in [-0.05, 0) is 18.0 Å². The molecule has 7 nitrogen and oxygen atoms in total. The minimum absolute atomic E-state index is 0.315. The zero-order valence-electron chi connectivity index (χ0n) is 10.8. The van der Waals surface area contributed by atoms with Gasteiger partial charge in [-0.2, -0.15) is 0 Å². The number of nitrogens with two attached hydrogens (primary N) is 1. The van der Waals surface area contributed by atoms with Crippen LogP contribution in [0.2, 0.25) is 0 Å². The number of nitrogens with zero attached hydrogens (tertiary/aromatic N) is 4. The van der Waals surface area contributed by atoms with Gasteiger partial charge in [-0.15, -0.1) is 5.10 Å². The maximum Gasteiger partial charge on any atom is 0.237 e. The van der Waals surface area contributed by atoms with E-state index in [0.717, 1.165) is 23.4 Å². The summed E-state index contributed by atoms with van der Waals surface area (Å²) in [6, 6.07) is -0.315. The summed E-state index contributed by atoms with van der Waals surface area (Å²) < 4.78 is 9.22. The Bertz CT molecular complexity index is 531. The van der Waals surface area contributed by atoms with Crippen molar-refractivity contribution in [1.82, 2.24) is 25.0 Å². The van der Waals surface area contributed by atoms with Crippen molar-refractivity contribution in [3.63, 3.8) is 0 Å². The lowest BCUT2D eigenvalue weighted by molar-refractivity contribution is 0.383. The van der Waals surface area contributed by atoms with Crippen LogP contribution in [0.15, 0.2) is 12.4 Å². The highest BCUT2D eigenvalue weighted by Crippen LogP contribution is 2.29. The quantitative estimate of drug-likeness (QED) is 0.597. The Kier molecular flexibility index (Phi) is 4.72. The molecule has 0 saturated carbocycles. The number of hydrogen-bond acceptors (Lipinski definition) is 8. The van der Waals surface area contributed by atoms with E-state index in [1.165, 1.54) is 11.5 Å². The van der Waals surface area contributed by atoms with Crippen molar-refractivity contribution >= 4 is 11.5 Å². The molecule has 2 rings (SSSR count). The van der Waals surface area contributed by atoms with Crippen LogP contribution in [0.1, 0.15) is 35.7 Å². The second kappa shape index (κ2) is 6.50. The van der Waals surface area contributed by atoms with Gasteiger partial charge in [0.1, 0.15) is 11.7 Å². The Balaban J connectivity index is 2.41. The average molecular weight is 280 g/mol. The van der Waals surface area contributed by atoms with Crippen LogP contribution in [0.4, 0.5) is 0 Å². The molecule has 0 saturated heterocycles. The summed E-state index contributed by atoms with van der Waals surface area (Å²) >= 11 is 1.31. The molecule has 2 heterocycles. The fourth-order valence-electron chi connectivity index (χ4n) is 1.82. The molecule has 3 N–H and O–H groups in total. The Hall–Kier alpha value is -1.64. The molecule has 19 heavy (non-hydrogen) atoms. The monoisotopic (exact) mass is 280 g/mol. The molecule has 0 amide bonds. The van der Waals surface area contributed by atoms with Crippen LogP contribution in [0.25, 0.3) is 0 Å². The summed E-state index contributed by atoms with van der Waals surface area (Å²) in [6.07, 6.45) is 5.03. The van der Waals surface area contributed by atoms with E-state index in [1.807, 2.05) is 0 Å². The predicted octanol–water partition coefficient (Wildman–Crippen LogP) is 0.842. The van der Waals surface area contributed by atoms with Gasteiger partial charge in [0.2, 0.25) is 5.88 Å². The highest BCUT2D eigenvalue weighted by Gasteiger charge is 2.24. The summed E-state index contributed by atoms with van der Waals surface area (Å²) in [5, 5.41) is 4.14. The number of methoxy groups -OCH3 is 1.